The maximum absolute atomic E-state index is 10.6. The van der Waals surface area contributed by atoms with Crippen LogP contribution in [0.3, 0.4) is 0 Å². The van der Waals surface area contributed by atoms with Gasteiger partial charge in [-0.05, 0) is 29.8 Å². The Morgan fingerprint density at radius 2 is 2.04 bits per heavy atom. The van der Waals surface area contributed by atoms with E-state index in [1.165, 1.54) is 0 Å². The molecule has 1 aromatic heterocycles. The molecule has 1 atom stereocenters. The average molecular weight is 373 g/mol. The summed E-state index contributed by atoms with van der Waals surface area (Å²) >= 11 is 3.44. The lowest BCUT2D eigenvalue weighted by molar-refractivity contribution is -0.666. The number of hydrogen-bond acceptors (Lipinski definition) is 2. The Morgan fingerprint density at radius 1 is 1.26 bits per heavy atom. The van der Waals surface area contributed by atoms with Crippen molar-refractivity contribution in [1.29, 1.82) is 0 Å². The Kier molecular flexibility index (Phi) is 4.50. The summed E-state index contributed by atoms with van der Waals surface area (Å²) in [5.41, 5.74) is 9.20. The van der Waals surface area contributed by atoms with Gasteiger partial charge in [0.05, 0.1) is 6.54 Å². The molecule has 4 nitrogen and oxygen atoms in total. The molecule has 3 rings (SSSR count). The minimum Gasteiger partial charge on any atom is -0.385 e. The van der Waals surface area contributed by atoms with Gasteiger partial charge >= 0.3 is 5.95 Å². The zero-order chi connectivity index (χ0) is 16.4. The summed E-state index contributed by atoms with van der Waals surface area (Å²) in [4.78, 5) is 0. The van der Waals surface area contributed by atoms with Crippen LogP contribution < -0.4 is 10.3 Å². The number of rotatable bonds is 5. The molecule has 5 heteroatoms. The fourth-order valence-corrected chi connectivity index (χ4v) is 3.24. The van der Waals surface area contributed by atoms with Crippen LogP contribution in [0.2, 0.25) is 0 Å². The Balaban J connectivity index is 2.03. The van der Waals surface area contributed by atoms with E-state index in [-0.39, 0.29) is 0 Å². The smallest absolute Gasteiger partial charge is 0.356 e. The third-order valence-electron chi connectivity index (χ3n) is 3.92. The van der Waals surface area contributed by atoms with Crippen molar-refractivity contribution in [3.05, 3.63) is 71.2 Å². The zero-order valence-corrected chi connectivity index (χ0v) is 14.3. The number of nitrogens with zero attached hydrogens (tertiary/aromatic N) is 2. The number of nitrogen functional groups attached to an aromatic ring is 1. The van der Waals surface area contributed by atoms with E-state index in [9.17, 15) is 5.11 Å². The molecule has 0 bridgehead atoms. The van der Waals surface area contributed by atoms with Crippen molar-refractivity contribution >= 4 is 32.9 Å². The first-order valence-electron chi connectivity index (χ1n) is 7.42. The van der Waals surface area contributed by atoms with E-state index in [1.807, 2.05) is 63.7 Å². The number of nitrogens with two attached hydrogens (primary N) is 1. The second-order valence-electron chi connectivity index (χ2n) is 5.43. The average Bonchev–Trinajstić information content (AvgIpc) is 2.81. The normalized spacial score (nSPS) is 12.4. The molecule has 0 saturated carbocycles. The van der Waals surface area contributed by atoms with Crippen molar-refractivity contribution in [1.82, 2.24) is 4.57 Å². The number of aliphatic hydroxyl groups excluding tert-OH is 1. The van der Waals surface area contributed by atoms with Gasteiger partial charge in [-0.2, -0.15) is 0 Å². The molecule has 118 valence electrons. The first-order valence-corrected chi connectivity index (χ1v) is 8.22. The second-order valence-corrected chi connectivity index (χ2v) is 6.34. The fourth-order valence-electron chi connectivity index (χ4n) is 2.82. The van der Waals surface area contributed by atoms with Crippen molar-refractivity contribution < 1.29 is 9.67 Å². The molecular weight excluding hydrogens is 354 g/mol. The zero-order valence-electron chi connectivity index (χ0n) is 12.7. The Hall–Kier alpha value is -2.11. The number of hydrogen-bond donors (Lipinski definition) is 2. The maximum Gasteiger partial charge on any atom is 0.356 e. The molecule has 23 heavy (non-hydrogen) atoms. The molecule has 0 aliphatic rings. The molecular formula is C18H19BrN3O+. The van der Waals surface area contributed by atoms with Crippen molar-refractivity contribution in [2.75, 3.05) is 5.73 Å². The van der Waals surface area contributed by atoms with Crippen molar-refractivity contribution in [3.63, 3.8) is 0 Å². The monoisotopic (exact) mass is 372 g/mol. The number of para-hydroxylation sites is 2. The van der Waals surface area contributed by atoms with Gasteiger partial charge in [-0.15, -0.1) is 0 Å². The lowest BCUT2D eigenvalue weighted by Gasteiger charge is -2.11. The lowest BCUT2D eigenvalue weighted by Crippen LogP contribution is -2.39. The third-order valence-corrected chi connectivity index (χ3v) is 4.41. The van der Waals surface area contributed by atoms with Crippen molar-refractivity contribution in [2.45, 2.75) is 19.2 Å². The molecule has 0 aliphatic heterocycles. The third kappa shape index (κ3) is 3.02. The van der Waals surface area contributed by atoms with Crippen LogP contribution >= 0.6 is 15.9 Å². The van der Waals surface area contributed by atoms with E-state index in [0.717, 1.165) is 21.1 Å². The first-order chi connectivity index (χ1) is 11.1. The van der Waals surface area contributed by atoms with E-state index in [4.69, 9.17) is 5.73 Å². The van der Waals surface area contributed by atoms with Crippen LogP contribution in [0.5, 0.6) is 0 Å². The molecule has 0 unspecified atom stereocenters. The highest BCUT2D eigenvalue weighted by atomic mass is 79.9. The molecule has 1 heterocycles. The van der Waals surface area contributed by atoms with E-state index in [0.29, 0.717) is 19.0 Å². The maximum atomic E-state index is 10.6. The molecule has 3 N–H and O–H groups in total. The van der Waals surface area contributed by atoms with Crippen LogP contribution in [-0.2, 0) is 13.1 Å². The molecule has 0 saturated heterocycles. The Labute approximate surface area is 143 Å². The van der Waals surface area contributed by atoms with Crippen LogP contribution in [0.15, 0.2) is 65.7 Å². The minimum atomic E-state index is -0.636. The number of aromatic nitrogens is 2. The molecule has 0 amide bonds. The van der Waals surface area contributed by atoms with Gasteiger partial charge in [-0.25, -0.2) is 9.13 Å². The predicted octanol–water partition coefficient (Wildman–Crippen LogP) is 3.19. The predicted molar refractivity (Wildman–Crippen MR) is 95.8 cm³/mol. The summed E-state index contributed by atoms with van der Waals surface area (Å²) in [6.07, 6.45) is 1.18. The van der Waals surface area contributed by atoms with E-state index in [2.05, 4.69) is 22.5 Å². The number of halogens is 1. The van der Waals surface area contributed by atoms with E-state index < -0.39 is 6.10 Å². The largest absolute Gasteiger partial charge is 0.385 e. The summed E-state index contributed by atoms with van der Waals surface area (Å²) in [6.45, 7) is 4.82. The van der Waals surface area contributed by atoms with Gasteiger partial charge in [0.15, 0.2) is 0 Å². The molecule has 2 aromatic carbocycles. The van der Waals surface area contributed by atoms with Gasteiger partial charge in [0.1, 0.15) is 23.7 Å². The summed E-state index contributed by atoms with van der Waals surface area (Å²) < 4.78 is 4.89. The van der Waals surface area contributed by atoms with Crippen LogP contribution in [0.25, 0.3) is 11.0 Å². The quantitative estimate of drug-likeness (QED) is 0.533. The molecule has 0 aliphatic carbocycles. The van der Waals surface area contributed by atoms with Gasteiger partial charge in [0.25, 0.3) is 0 Å². The highest BCUT2D eigenvalue weighted by molar-refractivity contribution is 9.10. The number of allylic oxidation sites excluding steroid dienone is 1. The summed E-state index contributed by atoms with van der Waals surface area (Å²) in [5, 5.41) is 10.6. The SMILES string of the molecule is C=CCn1c(N)[n+](C[C@@H](O)c2cccc(Br)c2)c2ccccc21. The Morgan fingerprint density at radius 3 is 2.78 bits per heavy atom. The Bertz CT molecular complexity index is 857. The number of anilines is 1. The van der Waals surface area contributed by atoms with E-state index in [1.54, 1.807) is 0 Å². The standard InChI is InChI=1S/C18H18BrN3O/c1-2-10-21-15-8-3-4-9-16(15)22(18(21)20)12-17(23)13-6-5-7-14(19)11-13/h2-9,11,17,20,23H,1,10,12H2/p+1/t17-/m1/s1. The van der Waals surface area contributed by atoms with Gasteiger partial charge in [0, 0.05) is 4.47 Å². The van der Waals surface area contributed by atoms with Crippen molar-refractivity contribution in [2.24, 2.45) is 0 Å². The molecule has 3 aromatic rings. The number of fused-ring (bicyclic) bond motifs is 1. The lowest BCUT2D eigenvalue weighted by atomic mass is 10.1. The van der Waals surface area contributed by atoms with Crippen molar-refractivity contribution in [3.8, 4) is 0 Å². The first kappa shape index (κ1) is 15.8. The molecule has 0 radical (unpaired) electrons. The van der Waals surface area contributed by atoms with Crippen LogP contribution in [0, 0.1) is 0 Å². The summed E-state index contributed by atoms with van der Waals surface area (Å²) in [6, 6.07) is 15.7. The van der Waals surface area contributed by atoms with Gasteiger partial charge < -0.3 is 5.11 Å². The van der Waals surface area contributed by atoms with Gasteiger partial charge in [-0.3, -0.25) is 5.73 Å². The number of aliphatic hydroxyl groups is 1. The summed E-state index contributed by atoms with van der Waals surface area (Å²) in [7, 11) is 0. The summed E-state index contributed by atoms with van der Waals surface area (Å²) in [5.74, 6) is 0.611. The van der Waals surface area contributed by atoms with E-state index >= 15 is 0 Å². The number of imidazole rings is 1. The topological polar surface area (TPSA) is 55.1 Å². The molecule has 0 spiro atoms. The van der Waals surface area contributed by atoms with Crippen LogP contribution in [0.1, 0.15) is 11.7 Å². The molecule has 0 fully saturated rings. The second kappa shape index (κ2) is 6.56. The van der Waals surface area contributed by atoms with Gasteiger partial charge in [0.2, 0.25) is 0 Å². The van der Waals surface area contributed by atoms with Crippen LogP contribution in [-0.4, -0.2) is 9.67 Å². The van der Waals surface area contributed by atoms with Crippen LogP contribution in [0.4, 0.5) is 5.95 Å². The minimum absolute atomic E-state index is 0.396. The van der Waals surface area contributed by atoms with Gasteiger partial charge in [-0.1, -0.05) is 52.9 Å². The fraction of sp³-hybridized carbons (Fsp3) is 0.167. The number of benzene rings is 2. The highest BCUT2D eigenvalue weighted by Gasteiger charge is 2.22. The highest BCUT2D eigenvalue weighted by Crippen LogP contribution is 2.21.